The topological polar surface area (TPSA) is 66.7 Å². The highest BCUT2D eigenvalue weighted by Crippen LogP contribution is 2.18. The van der Waals surface area contributed by atoms with E-state index in [4.69, 9.17) is 4.42 Å². The quantitative estimate of drug-likeness (QED) is 0.852. The highest BCUT2D eigenvalue weighted by atomic mass is 32.2. The molecule has 1 aliphatic rings. The summed E-state index contributed by atoms with van der Waals surface area (Å²) >= 11 is 0. The zero-order valence-corrected chi connectivity index (χ0v) is 13.1. The van der Waals surface area contributed by atoms with Gasteiger partial charge in [0.1, 0.15) is 5.52 Å². The van der Waals surface area contributed by atoms with Gasteiger partial charge in [0.05, 0.1) is 12.8 Å². The normalized spacial score (nSPS) is 18.4. The highest BCUT2D eigenvalue weighted by Gasteiger charge is 2.24. The highest BCUT2D eigenvalue weighted by molar-refractivity contribution is 7.88. The van der Waals surface area contributed by atoms with Gasteiger partial charge in [-0.3, -0.25) is 4.90 Å². The number of benzene rings is 1. The molecule has 1 aliphatic heterocycles. The number of hydrogen-bond acceptors (Lipinski definition) is 5. The van der Waals surface area contributed by atoms with Crippen LogP contribution in [0.1, 0.15) is 11.5 Å². The van der Waals surface area contributed by atoms with Crippen molar-refractivity contribution >= 4 is 21.1 Å². The summed E-state index contributed by atoms with van der Waals surface area (Å²) in [6.07, 6.45) is 1.26. The molecule has 1 saturated heterocycles. The lowest BCUT2D eigenvalue weighted by molar-refractivity contribution is 0.170. The molecular formula is C14H19N3O3S. The van der Waals surface area contributed by atoms with Crippen molar-refractivity contribution < 1.29 is 12.8 Å². The Bertz CT molecular complexity index is 746. The monoisotopic (exact) mass is 309 g/mol. The van der Waals surface area contributed by atoms with Crippen LogP contribution in [0, 0.1) is 6.92 Å². The number of rotatable bonds is 3. The van der Waals surface area contributed by atoms with Crippen LogP contribution in [0.3, 0.4) is 0 Å². The van der Waals surface area contributed by atoms with Gasteiger partial charge in [-0.2, -0.15) is 4.31 Å². The molecule has 0 bridgehead atoms. The zero-order valence-electron chi connectivity index (χ0n) is 12.2. The molecule has 0 N–H and O–H groups in total. The van der Waals surface area contributed by atoms with Crippen LogP contribution >= 0.6 is 0 Å². The number of fused-ring (bicyclic) bond motifs is 1. The third-order valence-corrected chi connectivity index (χ3v) is 5.05. The number of aryl methyl sites for hydroxylation is 1. The van der Waals surface area contributed by atoms with E-state index in [9.17, 15) is 8.42 Å². The molecule has 0 spiro atoms. The molecule has 0 saturated carbocycles. The van der Waals surface area contributed by atoms with E-state index in [1.165, 1.54) is 10.6 Å². The van der Waals surface area contributed by atoms with Crippen molar-refractivity contribution in [2.24, 2.45) is 0 Å². The van der Waals surface area contributed by atoms with Crippen molar-refractivity contribution in [3.8, 4) is 0 Å². The van der Waals surface area contributed by atoms with Crippen LogP contribution < -0.4 is 0 Å². The van der Waals surface area contributed by atoms with Crippen LogP contribution in [-0.2, 0) is 16.6 Å². The van der Waals surface area contributed by atoms with E-state index >= 15 is 0 Å². The SMILES string of the molecule is Cc1ccc2oc(CN3CCN(S(C)(=O)=O)CC3)nc2c1. The Kier molecular flexibility index (Phi) is 3.73. The number of sulfonamides is 1. The van der Waals surface area contributed by atoms with Crippen LogP contribution in [0.4, 0.5) is 0 Å². The second kappa shape index (κ2) is 5.40. The Labute approximate surface area is 124 Å². The van der Waals surface area contributed by atoms with Gasteiger partial charge in [-0.15, -0.1) is 0 Å². The Morgan fingerprint density at radius 2 is 1.95 bits per heavy atom. The van der Waals surface area contributed by atoms with E-state index < -0.39 is 10.0 Å². The van der Waals surface area contributed by atoms with Crippen LogP contribution in [-0.4, -0.2) is 55.0 Å². The number of nitrogens with zero attached hydrogens (tertiary/aromatic N) is 3. The van der Waals surface area contributed by atoms with Crippen LogP contribution in [0.2, 0.25) is 0 Å². The molecule has 114 valence electrons. The van der Waals surface area contributed by atoms with Gasteiger partial charge in [-0.05, 0) is 24.6 Å². The maximum absolute atomic E-state index is 11.5. The summed E-state index contributed by atoms with van der Waals surface area (Å²) < 4.78 is 30.2. The molecule has 0 amide bonds. The van der Waals surface area contributed by atoms with Crippen molar-refractivity contribution in [1.82, 2.24) is 14.2 Å². The molecule has 0 radical (unpaired) electrons. The Hall–Kier alpha value is -1.44. The predicted molar refractivity (Wildman–Crippen MR) is 80.4 cm³/mol. The average molecular weight is 309 g/mol. The van der Waals surface area contributed by atoms with E-state index in [-0.39, 0.29) is 0 Å². The molecule has 6 nitrogen and oxygen atoms in total. The molecule has 21 heavy (non-hydrogen) atoms. The number of piperazine rings is 1. The number of oxazole rings is 1. The third kappa shape index (κ3) is 3.25. The van der Waals surface area contributed by atoms with Gasteiger partial charge >= 0.3 is 0 Å². The van der Waals surface area contributed by atoms with E-state index in [1.807, 2.05) is 25.1 Å². The van der Waals surface area contributed by atoms with Gasteiger partial charge in [-0.1, -0.05) is 6.07 Å². The standard InChI is InChI=1S/C14H19N3O3S/c1-11-3-4-13-12(9-11)15-14(20-13)10-16-5-7-17(8-6-16)21(2,18)19/h3-4,9H,5-8,10H2,1-2H3. The first-order chi connectivity index (χ1) is 9.91. The minimum absolute atomic E-state index is 0.526. The van der Waals surface area contributed by atoms with Crippen LogP contribution in [0.25, 0.3) is 11.1 Å². The first kappa shape index (κ1) is 14.5. The maximum Gasteiger partial charge on any atom is 0.211 e. The molecule has 1 aromatic heterocycles. The maximum atomic E-state index is 11.5. The largest absolute Gasteiger partial charge is 0.439 e. The number of hydrogen-bond donors (Lipinski definition) is 0. The fourth-order valence-electron chi connectivity index (χ4n) is 2.56. The molecular weight excluding hydrogens is 290 g/mol. The predicted octanol–water partition coefficient (Wildman–Crippen LogP) is 1.21. The van der Waals surface area contributed by atoms with E-state index in [2.05, 4.69) is 9.88 Å². The van der Waals surface area contributed by atoms with Gasteiger partial charge in [0.15, 0.2) is 5.58 Å². The van der Waals surface area contributed by atoms with E-state index in [1.54, 1.807) is 0 Å². The second-order valence-corrected chi connectivity index (χ2v) is 7.50. The van der Waals surface area contributed by atoms with Crippen LogP contribution in [0.5, 0.6) is 0 Å². The molecule has 1 fully saturated rings. The lowest BCUT2D eigenvalue weighted by atomic mass is 10.2. The summed E-state index contributed by atoms with van der Waals surface area (Å²) in [7, 11) is -3.08. The van der Waals surface area contributed by atoms with E-state index in [0.29, 0.717) is 38.6 Å². The first-order valence-corrected chi connectivity index (χ1v) is 8.80. The Balaban J connectivity index is 1.67. The molecule has 7 heteroatoms. The molecule has 3 rings (SSSR count). The first-order valence-electron chi connectivity index (χ1n) is 6.95. The molecule has 0 atom stereocenters. The minimum atomic E-state index is -3.08. The average Bonchev–Trinajstić information content (AvgIpc) is 2.79. The number of aromatic nitrogens is 1. The summed E-state index contributed by atoms with van der Waals surface area (Å²) in [5.41, 5.74) is 2.83. The summed E-state index contributed by atoms with van der Waals surface area (Å²) in [6, 6.07) is 5.94. The smallest absolute Gasteiger partial charge is 0.211 e. The molecule has 2 aromatic rings. The molecule has 2 heterocycles. The Morgan fingerprint density at radius 3 is 2.62 bits per heavy atom. The summed E-state index contributed by atoms with van der Waals surface area (Å²) in [5, 5.41) is 0. The van der Waals surface area contributed by atoms with Crippen molar-refractivity contribution in [3.05, 3.63) is 29.7 Å². The summed E-state index contributed by atoms with van der Waals surface area (Å²) in [6.45, 7) is 5.09. The minimum Gasteiger partial charge on any atom is -0.439 e. The van der Waals surface area contributed by atoms with Gasteiger partial charge in [0.25, 0.3) is 0 Å². The lowest BCUT2D eigenvalue weighted by Gasteiger charge is -2.32. The zero-order chi connectivity index (χ0) is 15.0. The molecule has 0 aliphatic carbocycles. The van der Waals surface area contributed by atoms with Gasteiger partial charge < -0.3 is 4.42 Å². The van der Waals surface area contributed by atoms with E-state index in [0.717, 1.165) is 16.7 Å². The molecule has 1 aromatic carbocycles. The van der Waals surface area contributed by atoms with Crippen molar-refractivity contribution in [1.29, 1.82) is 0 Å². The third-order valence-electron chi connectivity index (χ3n) is 3.75. The van der Waals surface area contributed by atoms with Crippen molar-refractivity contribution in [2.45, 2.75) is 13.5 Å². The van der Waals surface area contributed by atoms with Crippen LogP contribution in [0.15, 0.2) is 22.6 Å². The molecule has 0 unspecified atom stereocenters. The lowest BCUT2D eigenvalue weighted by Crippen LogP contribution is -2.47. The van der Waals surface area contributed by atoms with Crippen molar-refractivity contribution in [2.75, 3.05) is 32.4 Å². The second-order valence-electron chi connectivity index (χ2n) is 5.52. The summed E-state index contributed by atoms with van der Waals surface area (Å²) in [4.78, 5) is 6.66. The Morgan fingerprint density at radius 1 is 1.24 bits per heavy atom. The fourth-order valence-corrected chi connectivity index (χ4v) is 3.39. The summed E-state index contributed by atoms with van der Waals surface area (Å²) in [5.74, 6) is 0.684. The van der Waals surface area contributed by atoms with Gasteiger partial charge in [0.2, 0.25) is 15.9 Å². The fraction of sp³-hybridized carbons (Fsp3) is 0.500. The van der Waals surface area contributed by atoms with Crippen molar-refractivity contribution in [3.63, 3.8) is 0 Å². The van der Waals surface area contributed by atoms with Gasteiger partial charge in [-0.25, -0.2) is 13.4 Å². The van der Waals surface area contributed by atoms with Gasteiger partial charge in [0, 0.05) is 26.2 Å².